The Kier molecular flexibility index (Phi) is 13.9. The van der Waals surface area contributed by atoms with Gasteiger partial charge in [0.05, 0.1) is 11.4 Å². The lowest BCUT2D eigenvalue weighted by atomic mass is 10.0. The van der Waals surface area contributed by atoms with E-state index < -0.39 is 0 Å². The molecule has 0 saturated heterocycles. The Balaban J connectivity index is 0.000000178. The Morgan fingerprint density at radius 3 is 1.06 bits per heavy atom. The van der Waals surface area contributed by atoms with Crippen molar-refractivity contribution in [1.82, 2.24) is 0 Å². The van der Waals surface area contributed by atoms with Crippen LogP contribution in [0.4, 0.5) is 45.5 Å². The molecule has 64 heavy (non-hydrogen) atoms. The fourth-order valence-electron chi connectivity index (χ4n) is 7.39. The Labute approximate surface area is 377 Å². The molecule has 5 nitrogen and oxygen atoms in total. The molecule has 0 fully saturated rings. The van der Waals surface area contributed by atoms with Crippen LogP contribution in [0.5, 0.6) is 5.75 Å². The second kappa shape index (κ2) is 21.0. The molecule has 0 aliphatic heterocycles. The lowest BCUT2D eigenvalue weighted by Gasteiger charge is -2.25. The number of phenolic OH excluding ortho intramolecular Hbond substituents is 1. The van der Waals surface area contributed by atoms with Crippen molar-refractivity contribution >= 4 is 57.9 Å². The summed E-state index contributed by atoms with van der Waals surface area (Å²) in [5.41, 5.74) is 15.1. The Morgan fingerprint density at radius 2 is 0.719 bits per heavy atom. The number of anilines is 6. The first-order valence-corrected chi connectivity index (χ1v) is 21.6. The normalized spacial score (nSPS) is 11.0. The summed E-state index contributed by atoms with van der Waals surface area (Å²) in [5.74, 6) is 0.299. The van der Waals surface area contributed by atoms with E-state index in [0.29, 0.717) is 5.75 Å². The molecule has 0 bridgehead atoms. The molecular formula is C59H50N4O. The summed E-state index contributed by atoms with van der Waals surface area (Å²) in [7, 11) is 0. The largest absolute Gasteiger partial charge is 0.508 e. The zero-order valence-corrected chi connectivity index (χ0v) is 36.1. The van der Waals surface area contributed by atoms with Gasteiger partial charge in [0.2, 0.25) is 0 Å². The van der Waals surface area contributed by atoms with Gasteiger partial charge in [0.1, 0.15) is 5.75 Å². The van der Waals surface area contributed by atoms with E-state index >= 15 is 0 Å². The van der Waals surface area contributed by atoms with Gasteiger partial charge >= 0.3 is 0 Å². The average Bonchev–Trinajstić information content (AvgIpc) is 3.36. The summed E-state index contributed by atoms with van der Waals surface area (Å²) in [5, 5.41) is 9.68. The average molecular weight is 831 g/mol. The molecule has 0 spiro atoms. The van der Waals surface area contributed by atoms with E-state index in [1.54, 1.807) is 6.07 Å². The van der Waals surface area contributed by atoms with Gasteiger partial charge in [-0.3, -0.25) is 9.98 Å². The van der Waals surface area contributed by atoms with Crippen LogP contribution >= 0.6 is 0 Å². The summed E-state index contributed by atoms with van der Waals surface area (Å²) >= 11 is 0. The van der Waals surface area contributed by atoms with Gasteiger partial charge in [-0.1, -0.05) is 128 Å². The standard InChI is InChI=1S/C32H26N2O.C27H24N2/c1-24-22-25(12-21-32(24)35)23-33-28-17-13-26(14-18-28)27-15-19-31(20-16-27)34(29-8-4-2-5-9-29)30-10-6-3-7-11-30;1-2-21-28-24-17-13-22(14-18-24)23-15-19-27(20-16-23)29(25-9-5-3-6-10-25)26-11-7-4-8-12-26/h2-23,35H,1H3;3-21H,2H2,1H3. The molecule has 312 valence electrons. The molecule has 0 aliphatic carbocycles. The predicted octanol–water partition coefficient (Wildman–Crippen LogP) is 16.5. The van der Waals surface area contributed by atoms with E-state index in [9.17, 15) is 5.11 Å². The highest BCUT2D eigenvalue weighted by Gasteiger charge is 2.13. The van der Waals surface area contributed by atoms with E-state index in [4.69, 9.17) is 0 Å². The second-order valence-electron chi connectivity index (χ2n) is 15.2. The van der Waals surface area contributed by atoms with Crippen LogP contribution in [-0.4, -0.2) is 17.5 Å². The fraction of sp³-hybridized carbons (Fsp3) is 0.0508. The summed E-state index contributed by atoms with van der Waals surface area (Å²) in [6.45, 7) is 3.97. The monoisotopic (exact) mass is 830 g/mol. The van der Waals surface area contributed by atoms with Gasteiger partial charge in [-0.05, 0) is 162 Å². The first-order chi connectivity index (χ1) is 31.5. The van der Waals surface area contributed by atoms with Crippen molar-refractivity contribution in [2.75, 3.05) is 9.80 Å². The molecule has 9 aromatic rings. The lowest BCUT2D eigenvalue weighted by molar-refractivity contribution is 0.471. The Morgan fingerprint density at radius 1 is 0.391 bits per heavy atom. The highest BCUT2D eigenvalue weighted by atomic mass is 16.3. The summed E-state index contributed by atoms with van der Waals surface area (Å²) < 4.78 is 0. The van der Waals surface area contributed by atoms with Crippen molar-refractivity contribution < 1.29 is 5.11 Å². The number of aliphatic imine (C=N–C) groups is 2. The summed E-state index contributed by atoms with van der Waals surface area (Å²) in [4.78, 5) is 13.5. The molecule has 0 radical (unpaired) electrons. The number of hydrogen-bond donors (Lipinski definition) is 1. The number of hydrogen-bond acceptors (Lipinski definition) is 5. The molecular weight excluding hydrogens is 781 g/mol. The quantitative estimate of drug-likeness (QED) is 0.125. The van der Waals surface area contributed by atoms with E-state index in [1.807, 2.05) is 67.9 Å². The third-order valence-electron chi connectivity index (χ3n) is 10.7. The van der Waals surface area contributed by atoms with Crippen molar-refractivity contribution in [3.63, 3.8) is 0 Å². The van der Waals surface area contributed by atoms with Gasteiger partial charge in [-0.15, -0.1) is 0 Å². The highest BCUT2D eigenvalue weighted by molar-refractivity contribution is 5.83. The molecule has 0 saturated carbocycles. The molecule has 0 amide bonds. The van der Waals surface area contributed by atoms with E-state index in [-0.39, 0.29) is 0 Å². The smallest absolute Gasteiger partial charge is 0.118 e. The van der Waals surface area contributed by atoms with Crippen LogP contribution < -0.4 is 9.80 Å². The molecule has 0 aliphatic rings. The first kappa shape index (κ1) is 42.4. The van der Waals surface area contributed by atoms with Crippen LogP contribution in [0.25, 0.3) is 22.3 Å². The number of para-hydroxylation sites is 4. The minimum atomic E-state index is 0.299. The van der Waals surface area contributed by atoms with Crippen molar-refractivity contribution in [1.29, 1.82) is 0 Å². The number of benzene rings is 9. The van der Waals surface area contributed by atoms with Crippen LogP contribution in [-0.2, 0) is 0 Å². The highest BCUT2D eigenvalue weighted by Crippen LogP contribution is 2.37. The van der Waals surface area contributed by atoms with Crippen molar-refractivity contribution in [3.05, 3.63) is 248 Å². The van der Waals surface area contributed by atoms with Gasteiger partial charge in [0.15, 0.2) is 0 Å². The van der Waals surface area contributed by atoms with Crippen molar-refractivity contribution in [2.24, 2.45) is 9.98 Å². The molecule has 0 unspecified atom stereocenters. The number of aryl methyl sites for hydroxylation is 1. The maximum absolute atomic E-state index is 9.68. The minimum Gasteiger partial charge on any atom is -0.508 e. The number of aromatic hydroxyl groups is 1. The van der Waals surface area contributed by atoms with E-state index in [2.05, 4.69) is 209 Å². The second-order valence-corrected chi connectivity index (χ2v) is 15.2. The third-order valence-corrected chi connectivity index (χ3v) is 10.7. The van der Waals surface area contributed by atoms with Crippen LogP contribution in [0.2, 0.25) is 0 Å². The first-order valence-electron chi connectivity index (χ1n) is 21.6. The van der Waals surface area contributed by atoms with Crippen molar-refractivity contribution in [3.8, 4) is 28.0 Å². The van der Waals surface area contributed by atoms with Gasteiger partial charge in [0.25, 0.3) is 0 Å². The molecule has 9 aromatic carbocycles. The zero-order valence-electron chi connectivity index (χ0n) is 36.1. The molecule has 0 heterocycles. The van der Waals surface area contributed by atoms with E-state index in [1.165, 1.54) is 11.1 Å². The topological polar surface area (TPSA) is 51.4 Å². The fourth-order valence-corrected chi connectivity index (χ4v) is 7.39. The molecule has 9 rings (SSSR count). The van der Waals surface area contributed by atoms with Gasteiger partial charge in [0, 0.05) is 46.6 Å². The Bertz CT molecular complexity index is 2800. The van der Waals surface area contributed by atoms with Gasteiger partial charge in [-0.2, -0.15) is 0 Å². The maximum Gasteiger partial charge on any atom is 0.118 e. The van der Waals surface area contributed by atoms with Crippen molar-refractivity contribution in [2.45, 2.75) is 20.3 Å². The Hall–Kier alpha value is -8.28. The molecule has 5 heteroatoms. The SMILES string of the molecule is CCC=Nc1ccc(-c2ccc(N(c3ccccc3)c3ccccc3)cc2)cc1.Cc1cc(C=Nc2ccc(-c3ccc(N(c4ccccc4)c4ccccc4)cc3)cc2)ccc1O. The lowest BCUT2D eigenvalue weighted by Crippen LogP contribution is -2.09. The number of phenols is 1. The zero-order chi connectivity index (χ0) is 43.9. The van der Waals surface area contributed by atoms with Crippen LogP contribution in [0.3, 0.4) is 0 Å². The van der Waals surface area contributed by atoms with Crippen LogP contribution in [0.15, 0.2) is 247 Å². The number of nitrogens with zero attached hydrogens (tertiary/aromatic N) is 4. The van der Waals surface area contributed by atoms with Crippen LogP contribution in [0, 0.1) is 6.92 Å². The molecule has 0 atom stereocenters. The summed E-state index contributed by atoms with van der Waals surface area (Å²) in [6, 6.07) is 81.2. The summed E-state index contributed by atoms with van der Waals surface area (Å²) in [6.07, 6.45) is 4.70. The maximum atomic E-state index is 9.68. The molecule has 1 N–H and O–H groups in total. The van der Waals surface area contributed by atoms with Gasteiger partial charge in [-0.25, -0.2) is 0 Å². The minimum absolute atomic E-state index is 0.299. The van der Waals surface area contributed by atoms with E-state index in [0.717, 1.165) is 74.2 Å². The van der Waals surface area contributed by atoms with Gasteiger partial charge < -0.3 is 14.9 Å². The molecule has 0 aromatic heterocycles. The number of rotatable bonds is 12. The predicted molar refractivity (Wildman–Crippen MR) is 272 cm³/mol. The third kappa shape index (κ3) is 10.8. The van der Waals surface area contributed by atoms with Crippen LogP contribution in [0.1, 0.15) is 24.5 Å².